The molecule has 2 aromatic carbocycles. The fourth-order valence-electron chi connectivity index (χ4n) is 2.29. The molecular weight excluding hydrogens is 355 g/mol. The number of benzene rings is 2. The van der Waals surface area contributed by atoms with E-state index in [9.17, 15) is 14.0 Å². The van der Waals surface area contributed by atoms with Gasteiger partial charge in [0.2, 0.25) is 0 Å². The minimum Gasteiger partial charge on any atom is -0.497 e. The molecule has 0 N–H and O–H groups in total. The number of halogens is 1. The summed E-state index contributed by atoms with van der Waals surface area (Å²) in [6.45, 7) is 0. The Kier molecular flexibility index (Phi) is 5.48. The number of rotatable bonds is 6. The maximum Gasteiger partial charge on any atom is 0.287 e. The van der Waals surface area contributed by atoms with E-state index in [2.05, 4.69) is 4.98 Å². The normalized spacial score (nSPS) is 10.5. The second-order valence-electron chi connectivity index (χ2n) is 5.32. The Bertz CT molecular complexity index is 969. The third-order valence-corrected chi connectivity index (χ3v) is 4.63. The number of Topliss-reactive ketones (excluding diaryl/α,β-unsaturated/α-hetero) is 1. The van der Waals surface area contributed by atoms with Gasteiger partial charge in [0, 0.05) is 23.6 Å². The van der Waals surface area contributed by atoms with Crippen LogP contribution in [0.2, 0.25) is 0 Å². The van der Waals surface area contributed by atoms with E-state index < -0.39 is 5.82 Å². The molecule has 0 saturated heterocycles. The molecule has 0 amide bonds. The molecule has 3 aromatic rings. The van der Waals surface area contributed by atoms with E-state index in [1.807, 2.05) is 0 Å². The highest BCUT2D eigenvalue weighted by molar-refractivity contribution is 7.99. The van der Waals surface area contributed by atoms with E-state index in [0.29, 0.717) is 17.0 Å². The zero-order valence-electron chi connectivity index (χ0n) is 13.9. The summed E-state index contributed by atoms with van der Waals surface area (Å²) in [5.41, 5.74) is 0.754. The Labute approximate surface area is 153 Å². The van der Waals surface area contributed by atoms with Crippen LogP contribution in [0.25, 0.3) is 5.69 Å². The van der Waals surface area contributed by atoms with Crippen molar-refractivity contribution in [3.8, 4) is 11.4 Å². The van der Waals surface area contributed by atoms with Gasteiger partial charge in [-0.25, -0.2) is 9.37 Å². The monoisotopic (exact) mass is 370 g/mol. The zero-order chi connectivity index (χ0) is 18.5. The van der Waals surface area contributed by atoms with Gasteiger partial charge in [-0.2, -0.15) is 0 Å². The number of carbonyl (C=O) groups is 1. The fourth-order valence-corrected chi connectivity index (χ4v) is 3.08. The minimum atomic E-state index is -0.402. The molecule has 26 heavy (non-hydrogen) atoms. The molecule has 0 saturated carbocycles. The summed E-state index contributed by atoms with van der Waals surface area (Å²) in [5.74, 6) is 0.133. The Morgan fingerprint density at radius 2 is 1.85 bits per heavy atom. The summed E-state index contributed by atoms with van der Waals surface area (Å²) in [6.07, 6.45) is 3.08. The SMILES string of the molecule is COc1ccc(-n2ccnc(SCC(=O)c3ccc(F)cc3)c2=O)cc1. The number of hydrogen-bond acceptors (Lipinski definition) is 5. The maximum atomic E-state index is 12.9. The molecule has 0 spiro atoms. The molecule has 0 radical (unpaired) electrons. The van der Waals surface area contributed by atoms with Gasteiger partial charge in [0.15, 0.2) is 10.8 Å². The second-order valence-corrected chi connectivity index (χ2v) is 6.29. The largest absolute Gasteiger partial charge is 0.497 e. The molecule has 7 heteroatoms. The van der Waals surface area contributed by atoms with Crippen LogP contribution in [0.3, 0.4) is 0 Å². The van der Waals surface area contributed by atoms with Crippen molar-refractivity contribution < 1.29 is 13.9 Å². The number of nitrogens with zero attached hydrogens (tertiary/aromatic N) is 2. The highest BCUT2D eigenvalue weighted by Crippen LogP contribution is 2.16. The number of aromatic nitrogens is 2. The average Bonchev–Trinajstić information content (AvgIpc) is 2.67. The zero-order valence-corrected chi connectivity index (χ0v) is 14.7. The molecule has 0 unspecified atom stereocenters. The first-order valence-electron chi connectivity index (χ1n) is 7.72. The average molecular weight is 370 g/mol. The molecule has 132 valence electrons. The molecule has 0 aliphatic rings. The van der Waals surface area contributed by atoms with Crippen LogP contribution in [0.1, 0.15) is 10.4 Å². The standard InChI is InChI=1S/C19H15FN2O3S/c1-25-16-8-6-15(7-9-16)22-11-10-21-18(19(22)24)26-12-17(23)13-2-4-14(20)5-3-13/h2-11H,12H2,1H3. The van der Waals surface area contributed by atoms with E-state index in [4.69, 9.17) is 4.74 Å². The van der Waals surface area contributed by atoms with Gasteiger partial charge in [0.1, 0.15) is 11.6 Å². The Morgan fingerprint density at radius 1 is 1.15 bits per heavy atom. The lowest BCUT2D eigenvalue weighted by Crippen LogP contribution is -2.21. The third kappa shape index (κ3) is 4.00. The van der Waals surface area contributed by atoms with Crippen LogP contribution in [0.15, 0.2) is 70.7 Å². The summed E-state index contributed by atoms with van der Waals surface area (Å²) in [6, 6.07) is 12.3. The van der Waals surface area contributed by atoms with Gasteiger partial charge in [-0.05, 0) is 48.5 Å². The predicted molar refractivity (Wildman–Crippen MR) is 97.8 cm³/mol. The smallest absolute Gasteiger partial charge is 0.287 e. The van der Waals surface area contributed by atoms with E-state index in [1.54, 1.807) is 37.6 Å². The second kappa shape index (κ2) is 7.97. The summed E-state index contributed by atoms with van der Waals surface area (Å²) in [5, 5.41) is 0.221. The quantitative estimate of drug-likeness (QED) is 0.492. The van der Waals surface area contributed by atoms with Crippen molar-refractivity contribution in [3.05, 3.63) is 82.7 Å². The Hall–Kier alpha value is -2.93. The molecule has 0 bridgehead atoms. The van der Waals surface area contributed by atoms with Crippen molar-refractivity contribution in [3.63, 3.8) is 0 Å². The lowest BCUT2D eigenvalue weighted by atomic mass is 10.1. The van der Waals surface area contributed by atoms with Crippen LogP contribution < -0.4 is 10.3 Å². The van der Waals surface area contributed by atoms with Crippen LogP contribution in [-0.4, -0.2) is 28.2 Å². The Morgan fingerprint density at radius 3 is 2.50 bits per heavy atom. The Balaban J connectivity index is 1.77. The van der Waals surface area contributed by atoms with Crippen LogP contribution in [0, 0.1) is 5.82 Å². The third-order valence-electron chi connectivity index (χ3n) is 3.67. The van der Waals surface area contributed by atoms with E-state index >= 15 is 0 Å². The molecular formula is C19H15FN2O3S. The lowest BCUT2D eigenvalue weighted by molar-refractivity contribution is 0.102. The van der Waals surface area contributed by atoms with Crippen molar-refractivity contribution in [1.82, 2.24) is 9.55 Å². The number of hydrogen-bond donors (Lipinski definition) is 0. The van der Waals surface area contributed by atoms with Gasteiger partial charge in [-0.15, -0.1) is 0 Å². The number of ketones is 1. The molecule has 1 aromatic heterocycles. The van der Waals surface area contributed by atoms with Gasteiger partial charge in [0.05, 0.1) is 12.9 Å². The molecule has 0 fully saturated rings. The summed E-state index contributed by atoms with van der Waals surface area (Å²) < 4.78 is 19.5. The van der Waals surface area contributed by atoms with E-state index in [1.165, 1.54) is 35.0 Å². The van der Waals surface area contributed by atoms with Gasteiger partial charge in [-0.1, -0.05) is 11.8 Å². The van der Waals surface area contributed by atoms with E-state index in [0.717, 1.165) is 11.8 Å². The van der Waals surface area contributed by atoms with Crippen LogP contribution in [0.4, 0.5) is 4.39 Å². The highest BCUT2D eigenvalue weighted by Gasteiger charge is 2.12. The van der Waals surface area contributed by atoms with Crippen molar-refractivity contribution in [2.75, 3.05) is 12.9 Å². The van der Waals surface area contributed by atoms with Crippen LogP contribution in [-0.2, 0) is 0 Å². The summed E-state index contributed by atoms with van der Waals surface area (Å²) in [4.78, 5) is 28.8. The van der Waals surface area contributed by atoms with E-state index in [-0.39, 0.29) is 22.1 Å². The molecule has 5 nitrogen and oxygen atoms in total. The van der Waals surface area contributed by atoms with Crippen molar-refractivity contribution >= 4 is 17.5 Å². The molecule has 0 aliphatic heterocycles. The first-order chi connectivity index (χ1) is 12.6. The number of thioether (sulfide) groups is 1. The van der Waals surface area contributed by atoms with Crippen LogP contribution >= 0.6 is 11.8 Å². The highest BCUT2D eigenvalue weighted by atomic mass is 32.2. The molecule has 3 rings (SSSR count). The maximum absolute atomic E-state index is 12.9. The van der Waals surface area contributed by atoms with Gasteiger partial charge in [0.25, 0.3) is 5.56 Å². The van der Waals surface area contributed by atoms with Gasteiger partial charge < -0.3 is 4.74 Å². The molecule has 0 atom stereocenters. The molecule has 0 aliphatic carbocycles. The van der Waals surface area contributed by atoms with Crippen LogP contribution in [0.5, 0.6) is 5.75 Å². The summed E-state index contributed by atoms with van der Waals surface area (Å²) in [7, 11) is 1.57. The van der Waals surface area contributed by atoms with Gasteiger partial charge in [-0.3, -0.25) is 14.2 Å². The number of carbonyl (C=O) groups excluding carboxylic acids is 1. The molecule has 1 heterocycles. The first-order valence-corrected chi connectivity index (χ1v) is 8.70. The fraction of sp³-hybridized carbons (Fsp3) is 0.105. The number of ether oxygens (including phenoxy) is 1. The predicted octanol–water partition coefficient (Wildman–Crippen LogP) is 3.36. The first kappa shape index (κ1) is 17.9. The number of methoxy groups -OCH3 is 1. The lowest BCUT2D eigenvalue weighted by Gasteiger charge is -2.08. The van der Waals surface area contributed by atoms with Gasteiger partial charge >= 0.3 is 0 Å². The van der Waals surface area contributed by atoms with Crippen molar-refractivity contribution in [1.29, 1.82) is 0 Å². The topological polar surface area (TPSA) is 61.2 Å². The van der Waals surface area contributed by atoms with Crippen molar-refractivity contribution in [2.45, 2.75) is 5.03 Å². The van der Waals surface area contributed by atoms with Crippen molar-refractivity contribution in [2.24, 2.45) is 0 Å². The minimum absolute atomic E-state index is 0.0422. The summed E-state index contributed by atoms with van der Waals surface area (Å²) >= 11 is 1.06.